The predicted octanol–water partition coefficient (Wildman–Crippen LogP) is 2.53. The molecule has 1 atom stereocenters. The highest BCUT2D eigenvalue weighted by Gasteiger charge is 2.32. The number of benzene rings is 1. The first-order valence-electron chi connectivity index (χ1n) is 8.92. The zero-order valence-electron chi connectivity index (χ0n) is 14.8. The molecule has 2 heterocycles. The van der Waals surface area contributed by atoms with Crippen molar-refractivity contribution in [2.45, 2.75) is 38.3 Å². The Balaban J connectivity index is 1.27. The molecular formula is C19H20N4O4. The third-order valence-electron chi connectivity index (χ3n) is 4.68. The fourth-order valence-corrected chi connectivity index (χ4v) is 3.17. The Hall–Kier alpha value is -3.00. The number of nitrogens with one attached hydrogen (secondary N) is 1. The van der Waals surface area contributed by atoms with Crippen molar-refractivity contribution < 1.29 is 18.8 Å². The molecule has 0 bridgehead atoms. The van der Waals surface area contributed by atoms with Crippen LogP contribution in [-0.2, 0) is 6.42 Å². The quantitative estimate of drug-likeness (QED) is 0.687. The van der Waals surface area contributed by atoms with Crippen molar-refractivity contribution in [2.75, 3.05) is 0 Å². The summed E-state index contributed by atoms with van der Waals surface area (Å²) in [6.07, 6.45) is 1.55. The lowest BCUT2D eigenvalue weighted by Gasteiger charge is -2.34. The summed E-state index contributed by atoms with van der Waals surface area (Å²) < 4.78 is 10.6. The standard InChI is InChI=1S/C19H20N4O4/c1-11(24)19-22-21-17(26-19)9-12-7-14(8-12)20-18(25)16-10-15(23-27-16)13-5-3-2-4-6-13/h2-6,10-12,14,24H,7-9H2,1H3,(H,20,25)/t11-,12?,14?/m1/s1. The Morgan fingerprint density at radius 2 is 2.07 bits per heavy atom. The first kappa shape index (κ1) is 17.4. The summed E-state index contributed by atoms with van der Waals surface area (Å²) >= 11 is 0. The van der Waals surface area contributed by atoms with Gasteiger partial charge in [0.05, 0.1) is 0 Å². The van der Waals surface area contributed by atoms with Crippen molar-refractivity contribution in [1.82, 2.24) is 20.7 Å². The molecule has 8 nitrogen and oxygen atoms in total. The molecule has 1 aliphatic carbocycles. The molecule has 1 amide bonds. The van der Waals surface area contributed by atoms with E-state index < -0.39 is 6.10 Å². The molecule has 0 unspecified atom stereocenters. The van der Waals surface area contributed by atoms with Gasteiger partial charge in [-0.1, -0.05) is 35.5 Å². The van der Waals surface area contributed by atoms with Crippen LogP contribution in [0.3, 0.4) is 0 Å². The van der Waals surface area contributed by atoms with Crippen LogP contribution in [0.15, 0.2) is 45.3 Å². The third kappa shape index (κ3) is 3.90. The van der Waals surface area contributed by atoms with Gasteiger partial charge in [0.15, 0.2) is 0 Å². The van der Waals surface area contributed by atoms with Crippen LogP contribution in [0.2, 0.25) is 0 Å². The van der Waals surface area contributed by atoms with Crippen LogP contribution in [0.5, 0.6) is 0 Å². The number of carbonyl (C=O) groups excluding carboxylic acids is 1. The molecule has 4 rings (SSSR count). The summed E-state index contributed by atoms with van der Waals surface area (Å²) in [5, 5.41) is 24.1. The van der Waals surface area contributed by atoms with Crippen molar-refractivity contribution in [2.24, 2.45) is 5.92 Å². The van der Waals surface area contributed by atoms with Gasteiger partial charge in [-0.15, -0.1) is 10.2 Å². The van der Waals surface area contributed by atoms with Crippen LogP contribution in [0.4, 0.5) is 0 Å². The predicted molar refractivity (Wildman–Crippen MR) is 94.6 cm³/mol. The molecule has 0 aliphatic heterocycles. The summed E-state index contributed by atoms with van der Waals surface area (Å²) in [4.78, 5) is 12.3. The van der Waals surface area contributed by atoms with Crippen LogP contribution in [0.1, 0.15) is 48.2 Å². The van der Waals surface area contributed by atoms with Crippen LogP contribution >= 0.6 is 0 Å². The van der Waals surface area contributed by atoms with Gasteiger partial charge in [-0.3, -0.25) is 4.79 Å². The molecule has 0 radical (unpaired) electrons. The van der Waals surface area contributed by atoms with Gasteiger partial charge in [0.2, 0.25) is 17.5 Å². The molecule has 0 saturated heterocycles. The van der Waals surface area contributed by atoms with Crippen molar-refractivity contribution in [3.63, 3.8) is 0 Å². The first-order chi connectivity index (χ1) is 13.1. The average Bonchev–Trinajstić information content (AvgIpc) is 3.30. The Bertz CT molecular complexity index is 913. The maximum atomic E-state index is 12.3. The highest BCUT2D eigenvalue weighted by molar-refractivity contribution is 5.92. The van der Waals surface area contributed by atoms with E-state index in [2.05, 4.69) is 20.7 Å². The van der Waals surface area contributed by atoms with E-state index in [9.17, 15) is 9.90 Å². The zero-order chi connectivity index (χ0) is 18.8. The molecule has 0 spiro atoms. The van der Waals surface area contributed by atoms with E-state index in [0.717, 1.165) is 18.4 Å². The summed E-state index contributed by atoms with van der Waals surface area (Å²) in [6, 6.07) is 11.3. The smallest absolute Gasteiger partial charge is 0.290 e. The lowest BCUT2D eigenvalue weighted by Crippen LogP contribution is -2.44. The van der Waals surface area contributed by atoms with Crippen LogP contribution in [0, 0.1) is 5.92 Å². The molecule has 8 heteroatoms. The number of nitrogens with zero attached hydrogens (tertiary/aromatic N) is 3. The molecule has 3 aromatic rings. The second-order valence-corrected chi connectivity index (χ2v) is 6.86. The van der Waals surface area contributed by atoms with E-state index in [-0.39, 0.29) is 23.6 Å². The first-order valence-corrected chi connectivity index (χ1v) is 8.92. The summed E-state index contributed by atoms with van der Waals surface area (Å²) in [5.74, 6) is 1.06. The van der Waals surface area contributed by atoms with Gasteiger partial charge in [0, 0.05) is 24.1 Å². The highest BCUT2D eigenvalue weighted by atomic mass is 16.5. The van der Waals surface area contributed by atoms with E-state index in [1.807, 2.05) is 30.3 Å². The minimum atomic E-state index is -0.762. The molecule has 1 fully saturated rings. The number of rotatable bonds is 6. The van der Waals surface area contributed by atoms with Crippen molar-refractivity contribution in [1.29, 1.82) is 0 Å². The van der Waals surface area contributed by atoms with Gasteiger partial charge in [0.25, 0.3) is 5.91 Å². The van der Waals surface area contributed by atoms with Crippen molar-refractivity contribution in [3.05, 3.63) is 53.9 Å². The molecule has 2 aromatic heterocycles. The summed E-state index contributed by atoms with van der Waals surface area (Å²) in [7, 11) is 0. The van der Waals surface area contributed by atoms with Crippen LogP contribution in [-0.4, -0.2) is 32.4 Å². The molecule has 27 heavy (non-hydrogen) atoms. The maximum Gasteiger partial charge on any atom is 0.290 e. The summed E-state index contributed by atoms with van der Waals surface area (Å²) in [6.45, 7) is 1.58. The monoisotopic (exact) mass is 368 g/mol. The molecule has 2 N–H and O–H groups in total. The van der Waals surface area contributed by atoms with E-state index in [4.69, 9.17) is 8.94 Å². The van der Waals surface area contributed by atoms with E-state index in [0.29, 0.717) is 23.9 Å². The normalized spacial score (nSPS) is 20.1. The average molecular weight is 368 g/mol. The lowest BCUT2D eigenvalue weighted by atomic mass is 9.78. The fraction of sp³-hybridized carbons (Fsp3) is 0.368. The minimum Gasteiger partial charge on any atom is -0.422 e. The molecule has 1 aromatic carbocycles. The number of hydrogen-bond acceptors (Lipinski definition) is 7. The maximum absolute atomic E-state index is 12.3. The number of aliphatic hydroxyl groups is 1. The number of aliphatic hydroxyl groups excluding tert-OH is 1. The Morgan fingerprint density at radius 1 is 1.30 bits per heavy atom. The van der Waals surface area contributed by atoms with Crippen LogP contribution < -0.4 is 5.32 Å². The zero-order valence-corrected chi connectivity index (χ0v) is 14.8. The minimum absolute atomic E-state index is 0.0898. The number of carbonyl (C=O) groups is 1. The van der Waals surface area contributed by atoms with E-state index in [1.54, 1.807) is 13.0 Å². The van der Waals surface area contributed by atoms with Gasteiger partial charge < -0.3 is 19.4 Å². The van der Waals surface area contributed by atoms with Gasteiger partial charge in [0.1, 0.15) is 11.8 Å². The second kappa shape index (κ2) is 7.32. The van der Waals surface area contributed by atoms with E-state index >= 15 is 0 Å². The lowest BCUT2D eigenvalue weighted by molar-refractivity contribution is 0.0848. The number of amides is 1. The van der Waals surface area contributed by atoms with Gasteiger partial charge in [-0.05, 0) is 25.7 Å². The van der Waals surface area contributed by atoms with Crippen molar-refractivity contribution in [3.8, 4) is 11.3 Å². The molecular weight excluding hydrogens is 348 g/mol. The third-order valence-corrected chi connectivity index (χ3v) is 4.68. The van der Waals surface area contributed by atoms with Crippen LogP contribution in [0.25, 0.3) is 11.3 Å². The van der Waals surface area contributed by atoms with Gasteiger partial charge in [-0.25, -0.2) is 0 Å². The second-order valence-electron chi connectivity index (χ2n) is 6.86. The highest BCUT2D eigenvalue weighted by Crippen LogP contribution is 2.31. The van der Waals surface area contributed by atoms with Gasteiger partial charge in [-0.2, -0.15) is 0 Å². The fourth-order valence-electron chi connectivity index (χ4n) is 3.17. The number of hydrogen-bond donors (Lipinski definition) is 2. The topological polar surface area (TPSA) is 114 Å². The molecule has 140 valence electrons. The number of aromatic nitrogens is 3. The Labute approximate surface area is 155 Å². The van der Waals surface area contributed by atoms with Gasteiger partial charge >= 0.3 is 0 Å². The molecule has 1 saturated carbocycles. The Kier molecular flexibility index (Phi) is 4.72. The SMILES string of the molecule is C[C@@H](O)c1nnc(CC2CC(NC(=O)c3cc(-c4ccccc4)no3)C2)o1. The van der Waals surface area contributed by atoms with Crippen molar-refractivity contribution >= 4 is 5.91 Å². The largest absolute Gasteiger partial charge is 0.422 e. The van der Waals surface area contributed by atoms with E-state index in [1.165, 1.54) is 0 Å². The molecule has 1 aliphatic rings. The summed E-state index contributed by atoms with van der Waals surface area (Å²) in [5.41, 5.74) is 1.54. The Morgan fingerprint density at radius 3 is 2.78 bits per heavy atom.